The van der Waals surface area contributed by atoms with Gasteiger partial charge in [-0.25, -0.2) is 0 Å². The maximum atomic E-state index is 12.3. The second-order valence-corrected chi connectivity index (χ2v) is 4.66. The van der Waals surface area contributed by atoms with Crippen LogP contribution in [-0.4, -0.2) is 22.3 Å². The first kappa shape index (κ1) is 20.1. The standard InChI is InChI=1S/C13H11F6N3O.ClH/c14-12(15,16)7-22-6-10(5-21-22)9-1-8(4-20)2-11(3-9)23-13(17,18)19;/h1-3,5-6H,4,7,20H2;1H. The summed E-state index contributed by atoms with van der Waals surface area (Å²) in [6.07, 6.45) is -7.13. The van der Waals surface area contributed by atoms with Crippen LogP contribution in [-0.2, 0) is 13.1 Å². The summed E-state index contributed by atoms with van der Waals surface area (Å²) >= 11 is 0. The Hall–Kier alpha value is -1.94. The minimum absolute atomic E-state index is 0. The van der Waals surface area contributed by atoms with E-state index >= 15 is 0 Å². The third kappa shape index (κ3) is 5.93. The minimum atomic E-state index is -4.88. The predicted molar refractivity (Wildman–Crippen MR) is 75.5 cm³/mol. The topological polar surface area (TPSA) is 53.1 Å². The smallest absolute Gasteiger partial charge is 0.406 e. The lowest BCUT2D eigenvalue weighted by atomic mass is 10.1. The highest BCUT2D eigenvalue weighted by molar-refractivity contribution is 5.85. The molecule has 1 aromatic heterocycles. The number of nitrogens with zero attached hydrogens (tertiary/aromatic N) is 2. The van der Waals surface area contributed by atoms with Gasteiger partial charge < -0.3 is 10.5 Å². The van der Waals surface area contributed by atoms with Gasteiger partial charge in [0.05, 0.1) is 6.20 Å². The fourth-order valence-electron chi connectivity index (χ4n) is 1.92. The number of hydrogen-bond donors (Lipinski definition) is 1. The van der Waals surface area contributed by atoms with Crippen LogP contribution in [0.3, 0.4) is 0 Å². The van der Waals surface area contributed by atoms with E-state index in [2.05, 4.69) is 9.84 Å². The van der Waals surface area contributed by atoms with Crippen LogP contribution < -0.4 is 10.5 Å². The number of alkyl halides is 6. The highest BCUT2D eigenvalue weighted by atomic mass is 35.5. The molecule has 24 heavy (non-hydrogen) atoms. The highest BCUT2D eigenvalue weighted by Gasteiger charge is 2.31. The van der Waals surface area contributed by atoms with E-state index in [1.807, 2.05) is 0 Å². The van der Waals surface area contributed by atoms with Crippen LogP contribution in [0.2, 0.25) is 0 Å². The third-order valence-electron chi connectivity index (χ3n) is 2.74. The summed E-state index contributed by atoms with van der Waals surface area (Å²) in [6.45, 7) is -1.35. The average Bonchev–Trinajstić information content (AvgIpc) is 2.82. The van der Waals surface area contributed by atoms with Gasteiger partial charge >= 0.3 is 12.5 Å². The van der Waals surface area contributed by atoms with Gasteiger partial charge in [0.2, 0.25) is 0 Å². The maximum absolute atomic E-state index is 12.3. The van der Waals surface area contributed by atoms with Gasteiger partial charge in [-0.15, -0.1) is 25.6 Å². The molecule has 0 saturated heterocycles. The molecule has 134 valence electrons. The Morgan fingerprint density at radius 1 is 1.04 bits per heavy atom. The monoisotopic (exact) mass is 375 g/mol. The van der Waals surface area contributed by atoms with Crippen molar-refractivity contribution in [3.63, 3.8) is 0 Å². The molecule has 0 radical (unpaired) electrons. The third-order valence-corrected chi connectivity index (χ3v) is 2.74. The second-order valence-electron chi connectivity index (χ2n) is 4.66. The number of aromatic nitrogens is 2. The Labute approximate surface area is 138 Å². The van der Waals surface area contributed by atoms with Crippen molar-refractivity contribution in [3.05, 3.63) is 36.2 Å². The normalized spacial score (nSPS) is 12.0. The van der Waals surface area contributed by atoms with Crippen molar-refractivity contribution in [2.24, 2.45) is 5.73 Å². The predicted octanol–water partition coefficient (Wildman–Crippen LogP) is 3.89. The Morgan fingerprint density at radius 3 is 2.25 bits per heavy atom. The lowest BCUT2D eigenvalue weighted by Crippen LogP contribution is -2.17. The molecule has 0 atom stereocenters. The SMILES string of the molecule is Cl.NCc1cc(OC(F)(F)F)cc(-c2cnn(CC(F)(F)F)c2)c1. The number of halogens is 7. The molecular formula is C13H12ClF6N3O. The van der Waals surface area contributed by atoms with Crippen molar-refractivity contribution in [1.29, 1.82) is 0 Å². The fourth-order valence-corrected chi connectivity index (χ4v) is 1.92. The molecule has 1 aromatic carbocycles. The van der Waals surface area contributed by atoms with Crippen LogP contribution in [0.4, 0.5) is 26.3 Å². The Balaban J connectivity index is 0.00000288. The van der Waals surface area contributed by atoms with Gasteiger partial charge in [-0.05, 0) is 29.3 Å². The van der Waals surface area contributed by atoms with Gasteiger partial charge in [0.15, 0.2) is 0 Å². The molecule has 0 bridgehead atoms. The second kappa shape index (κ2) is 7.31. The number of ether oxygens (including phenoxy) is 1. The maximum Gasteiger partial charge on any atom is 0.573 e. The molecule has 0 unspecified atom stereocenters. The van der Waals surface area contributed by atoms with E-state index in [0.29, 0.717) is 10.2 Å². The largest absolute Gasteiger partial charge is 0.573 e. The van der Waals surface area contributed by atoms with E-state index in [9.17, 15) is 26.3 Å². The molecule has 0 aliphatic carbocycles. The summed E-state index contributed by atoms with van der Waals surface area (Å²) in [5.74, 6) is -0.501. The molecule has 1 heterocycles. The van der Waals surface area contributed by atoms with E-state index in [0.717, 1.165) is 24.5 Å². The molecule has 2 N–H and O–H groups in total. The molecule has 11 heteroatoms. The zero-order valence-electron chi connectivity index (χ0n) is 11.9. The van der Waals surface area contributed by atoms with Crippen molar-refractivity contribution in [2.75, 3.05) is 0 Å². The van der Waals surface area contributed by atoms with Gasteiger partial charge in [-0.2, -0.15) is 18.3 Å². The van der Waals surface area contributed by atoms with Crippen molar-refractivity contribution in [3.8, 4) is 16.9 Å². The highest BCUT2D eigenvalue weighted by Crippen LogP contribution is 2.30. The Kier molecular flexibility index (Phi) is 6.12. The van der Waals surface area contributed by atoms with Crippen LogP contribution in [0.1, 0.15) is 5.56 Å². The zero-order chi connectivity index (χ0) is 17.3. The van der Waals surface area contributed by atoms with Crippen molar-refractivity contribution >= 4 is 12.4 Å². The first-order valence-corrected chi connectivity index (χ1v) is 6.25. The summed E-state index contributed by atoms with van der Waals surface area (Å²) in [5.41, 5.74) is 6.19. The molecule has 4 nitrogen and oxygen atoms in total. The van der Waals surface area contributed by atoms with E-state index in [1.165, 1.54) is 6.07 Å². The van der Waals surface area contributed by atoms with E-state index in [1.54, 1.807) is 0 Å². The number of benzene rings is 1. The van der Waals surface area contributed by atoms with Crippen molar-refractivity contribution in [1.82, 2.24) is 9.78 Å². The molecule has 2 aromatic rings. The molecular weight excluding hydrogens is 364 g/mol. The molecule has 0 aliphatic heterocycles. The molecule has 2 rings (SSSR count). The average molecular weight is 376 g/mol. The van der Waals surface area contributed by atoms with Crippen LogP contribution >= 0.6 is 12.4 Å². The minimum Gasteiger partial charge on any atom is -0.406 e. The Bertz CT molecular complexity index is 683. The van der Waals surface area contributed by atoms with Crippen LogP contribution in [0.15, 0.2) is 30.6 Å². The van der Waals surface area contributed by atoms with E-state index < -0.39 is 24.8 Å². The summed E-state index contributed by atoms with van der Waals surface area (Å²) < 4.78 is 78.3. The first-order chi connectivity index (χ1) is 10.6. The number of hydrogen-bond acceptors (Lipinski definition) is 3. The van der Waals surface area contributed by atoms with Gasteiger partial charge in [-0.3, -0.25) is 4.68 Å². The summed E-state index contributed by atoms with van der Waals surface area (Å²) in [7, 11) is 0. The van der Waals surface area contributed by atoms with E-state index in [-0.39, 0.29) is 30.1 Å². The number of rotatable bonds is 4. The molecule has 0 amide bonds. The van der Waals surface area contributed by atoms with Crippen molar-refractivity contribution in [2.45, 2.75) is 25.6 Å². The Morgan fingerprint density at radius 2 is 1.71 bits per heavy atom. The van der Waals surface area contributed by atoms with Gasteiger partial charge in [0.25, 0.3) is 0 Å². The fraction of sp³-hybridized carbons (Fsp3) is 0.308. The van der Waals surface area contributed by atoms with Crippen LogP contribution in [0.25, 0.3) is 11.1 Å². The molecule has 0 fully saturated rings. The zero-order valence-corrected chi connectivity index (χ0v) is 12.7. The summed E-state index contributed by atoms with van der Waals surface area (Å²) in [5, 5.41) is 3.54. The van der Waals surface area contributed by atoms with E-state index in [4.69, 9.17) is 5.73 Å². The van der Waals surface area contributed by atoms with Gasteiger partial charge in [0.1, 0.15) is 12.3 Å². The molecule has 0 spiro atoms. The first-order valence-electron chi connectivity index (χ1n) is 6.25. The lowest BCUT2D eigenvalue weighted by Gasteiger charge is -2.11. The summed E-state index contributed by atoms with van der Waals surface area (Å²) in [4.78, 5) is 0. The summed E-state index contributed by atoms with van der Waals surface area (Å²) in [6, 6.07) is 3.62. The quantitative estimate of drug-likeness (QED) is 0.825. The number of nitrogens with two attached hydrogens (primary N) is 1. The van der Waals surface area contributed by atoms with Crippen molar-refractivity contribution < 1.29 is 31.1 Å². The van der Waals surface area contributed by atoms with Crippen LogP contribution in [0, 0.1) is 0 Å². The van der Waals surface area contributed by atoms with Gasteiger partial charge in [0, 0.05) is 18.3 Å². The van der Waals surface area contributed by atoms with Gasteiger partial charge in [-0.1, -0.05) is 0 Å². The molecule has 0 aliphatic rings. The lowest BCUT2D eigenvalue weighted by molar-refractivity contribution is -0.274. The van der Waals surface area contributed by atoms with Crippen LogP contribution in [0.5, 0.6) is 5.75 Å². The molecule has 0 saturated carbocycles.